The van der Waals surface area contributed by atoms with Crippen molar-refractivity contribution in [3.8, 4) is 28.7 Å². The molecule has 5 heteroatoms. The van der Waals surface area contributed by atoms with Crippen LogP contribution in [0.25, 0.3) is 10.8 Å². The van der Waals surface area contributed by atoms with Gasteiger partial charge in [-0.2, -0.15) is 0 Å². The van der Waals surface area contributed by atoms with E-state index in [-0.39, 0.29) is 0 Å². The zero-order chi connectivity index (χ0) is 20.8. The lowest BCUT2D eigenvalue weighted by Crippen LogP contribution is -2.33. The van der Waals surface area contributed by atoms with Crippen LogP contribution in [-0.4, -0.2) is 45.4 Å². The van der Waals surface area contributed by atoms with E-state index >= 15 is 0 Å². The van der Waals surface area contributed by atoms with Gasteiger partial charge in [-0.25, -0.2) is 0 Å². The number of nitrogens with zero attached hydrogens (tertiary/aromatic N) is 1. The highest BCUT2D eigenvalue weighted by Crippen LogP contribution is 2.40. The summed E-state index contributed by atoms with van der Waals surface area (Å²) in [6.07, 6.45) is 3.96. The highest BCUT2D eigenvalue weighted by atomic mass is 16.5. The molecule has 30 heavy (non-hydrogen) atoms. The molecule has 0 spiro atoms. The highest BCUT2D eigenvalue weighted by Gasteiger charge is 2.13. The Hall–Kier alpha value is -2.92. The number of piperidine rings is 1. The van der Waals surface area contributed by atoms with Gasteiger partial charge in [-0.1, -0.05) is 12.5 Å². The van der Waals surface area contributed by atoms with Crippen molar-refractivity contribution < 1.29 is 18.9 Å². The Morgan fingerprint density at radius 2 is 1.50 bits per heavy atom. The third kappa shape index (κ3) is 4.79. The first-order chi connectivity index (χ1) is 14.8. The molecule has 0 unspecified atom stereocenters. The molecule has 3 aromatic carbocycles. The van der Waals surface area contributed by atoms with E-state index in [9.17, 15) is 0 Å². The van der Waals surface area contributed by atoms with Crippen molar-refractivity contribution in [2.45, 2.75) is 19.3 Å². The molecule has 1 aliphatic heterocycles. The van der Waals surface area contributed by atoms with Crippen LogP contribution in [0.5, 0.6) is 28.7 Å². The van der Waals surface area contributed by atoms with Gasteiger partial charge in [0.1, 0.15) is 23.9 Å². The van der Waals surface area contributed by atoms with Gasteiger partial charge < -0.3 is 18.9 Å². The maximum Gasteiger partial charge on any atom is 0.177 e. The molecule has 1 heterocycles. The number of likely N-dealkylation sites (tertiary alicyclic amines) is 1. The number of fused-ring (bicyclic) bond motifs is 1. The Kier molecular flexibility index (Phi) is 6.60. The Morgan fingerprint density at radius 3 is 2.23 bits per heavy atom. The summed E-state index contributed by atoms with van der Waals surface area (Å²) < 4.78 is 23.0. The number of ether oxygens (including phenoxy) is 4. The third-order valence-corrected chi connectivity index (χ3v) is 5.53. The standard InChI is InChI=1S/C25H29NO4/c1-27-22-11-12-23-19(18-22)6-13-24(28-2)25(23)30-21-9-7-20(8-10-21)29-17-16-26-14-4-3-5-15-26/h6-13,18H,3-5,14-17H2,1-2H3. The third-order valence-electron chi connectivity index (χ3n) is 5.53. The lowest BCUT2D eigenvalue weighted by molar-refractivity contribution is 0.183. The number of rotatable bonds is 8. The van der Waals surface area contributed by atoms with Crippen LogP contribution in [0, 0.1) is 0 Å². The molecule has 1 aliphatic rings. The van der Waals surface area contributed by atoms with Crippen molar-refractivity contribution in [1.29, 1.82) is 0 Å². The predicted molar refractivity (Wildman–Crippen MR) is 119 cm³/mol. The molecule has 3 aromatic rings. The van der Waals surface area contributed by atoms with Crippen molar-refractivity contribution >= 4 is 10.8 Å². The van der Waals surface area contributed by atoms with Crippen molar-refractivity contribution in [2.24, 2.45) is 0 Å². The number of hydrogen-bond acceptors (Lipinski definition) is 5. The molecule has 4 rings (SSSR count). The zero-order valence-electron chi connectivity index (χ0n) is 17.7. The molecule has 158 valence electrons. The Labute approximate surface area is 178 Å². The van der Waals surface area contributed by atoms with Crippen LogP contribution >= 0.6 is 0 Å². The molecule has 0 aliphatic carbocycles. The molecule has 1 fully saturated rings. The largest absolute Gasteiger partial charge is 0.497 e. The van der Waals surface area contributed by atoms with Gasteiger partial charge in [0.25, 0.3) is 0 Å². The van der Waals surface area contributed by atoms with Crippen LogP contribution in [0.3, 0.4) is 0 Å². The molecule has 1 saturated heterocycles. The van der Waals surface area contributed by atoms with Gasteiger partial charge in [0.15, 0.2) is 11.5 Å². The number of hydrogen-bond donors (Lipinski definition) is 0. The van der Waals surface area contributed by atoms with Gasteiger partial charge in [0, 0.05) is 11.9 Å². The second-order valence-electron chi connectivity index (χ2n) is 7.51. The SMILES string of the molecule is COc1ccc2c(Oc3ccc(OCCN4CCCCC4)cc3)c(OC)ccc2c1. The fourth-order valence-electron chi connectivity index (χ4n) is 3.85. The first kappa shape index (κ1) is 20.4. The fraction of sp³-hybridized carbons (Fsp3) is 0.360. The Balaban J connectivity index is 1.44. The Morgan fingerprint density at radius 1 is 0.767 bits per heavy atom. The lowest BCUT2D eigenvalue weighted by atomic mass is 10.1. The summed E-state index contributed by atoms with van der Waals surface area (Å²) in [5.74, 6) is 3.78. The molecular formula is C25H29NO4. The van der Waals surface area contributed by atoms with Gasteiger partial charge in [-0.15, -0.1) is 0 Å². The van der Waals surface area contributed by atoms with Crippen molar-refractivity contribution in [3.63, 3.8) is 0 Å². The number of methoxy groups -OCH3 is 2. The normalized spacial score (nSPS) is 14.5. The van der Waals surface area contributed by atoms with Gasteiger partial charge in [0.2, 0.25) is 0 Å². The summed E-state index contributed by atoms with van der Waals surface area (Å²) in [5.41, 5.74) is 0. The molecule has 0 bridgehead atoms. The van der Waals surface area contributed by atoms with E-state index in [4.69, 9.17) is 18.9 Å². The van der Waals surface area contributed by atoms with Crippen molar-refractivity contribution in [1.82, 2.24) is 4.90 Å². The van der Waals surface area contributed by atoms with Crippen LogP contribution in [0.4, 0.5) is 0 Å². The molecule has 5 nitrogen and oxygen atoms in total. The smallest absolute Gasteiger partial charge is 0.177 e. The van der Waals surface area contributed by atoms with Crippen LogP contribution in [-0.2, 0) is 0 Å². The van der Waals surface area contributed by atoms with Gasteiger partial charge in [-0.3, -0.25) is 4.90 Å². The summed E-state index contributed by atoms with van der Waals surface area (Å²) in [5, 5.41) is 2.00. The van der Waals surface area contributed by atoms with Crippen LogP contribution in [0.1, 0.15) is 19.3 Å². The summed E-state index contributed by atoms with van der Waals surface area (Å²) in [6.45, 7) is 4.07. The monoisotopic (exact) mass is 407 g/mol. The molecule has 0 atom stereocenters. The minimum Gasteiger partial charge on any atom is -0.497 e. The topological polar surface area (TPSA) is 40.2 Å². The quantitative estimate of drug-likeness (QED) is 0.492. The van der Waals surface area contributed by atoms with Gasteiger partial charge in [0.05, 0.1) is 14.2 Å². The van der Waals surface area contributed by atoms with E-state index in [2.05, 4.69) is 4.90 Å². The van der Waals surface area contributed by atoms with Crippen molar-refractivity contribution in [2.75, 3.05) is 40.5 Å². The van der Waals surface area contributed by atoms with Gasteiger partial charge in [-0.05, 0) is 79.8 Å². The summed E-state index contributed by atoms with van der Waals surface area (Å²) in [7, 11) is 3.31. The zero-order valence-corrected chi connectivity index (χ0v) is 17.7. The van der Waals surface area contributed by atoms with Gasteiger partial charge >= 0.3 is 0 Å². The predicted octanol–water partition coefficient (Wildman–Crippen LogP) is 5.51. The maximum absolute atomic E-state index is 6.21. The maximum atomic E-state index is 6.21. The van der Waals surface area contributed by atoms with Crippen LogP contribution in [0.2, 0.25) is 0 Å². The van der Waals surface area contributed by atoms with E-state index < -0.39 is 0 Å². The van der Waals surface area contributed by atoms with E-state index in [1.54, 1.807) is 14.2 Å². The van der Waals surface area contributed by atoms with Crippen molar-refractivity contribution in [3.05, 3.63) is 54.6 Å². The minimum absolute atomic E-state index is 0.689. The van der Waals surface area contributed by atoms with Crippen LogP contribution in [0.15, 0.2) is 54.6 Å². The minimum atomic E-state index is 0.689. The molecular weight excluding hydrogens is 378 g/mol. The number of benzene rings is 3. The van der Waals surface area contributed by atoms with E-state index in [0.717, 1.165) is 34.6 Å². The summed E-state index contributed by atoms with van der Waals surface area (Å²) >= 11 is 0. The average Bonchev–Trinajstić information content (AvgIpc) is 2.80. The van der Waals surface area contributed by atoms with E-state index in [1.807, 2.05) is 54.6 Å². The molecule has 0 saturated carbocycles. The second-order valence-corrected chi connectivity index (χ2v) is 7.51. The first-order valence-corrected chi connectivity index (χ1v) is 10.5. The second kappa shape index (κ2) is 9.72. The molecule has 0 radical (unpaired) electrons. The van der Waals surface area contributed by atoms with Crippen LogP contribution < -0.4 is 18.9 Å². The molecule has 0 amide bonds. The molecule has 0 aromatic heterocycles. The highest BCUT2D eigenvalue weighted by molar-refractivity contribution is 5.92. The average molecular weight is 408 g/mol. The summed E-state index contributed by atoms with van der Waals surface area (Å²) in [6, 6.07) is 17.6. The fourth-order valence-corrected chi connectivity index (χ4v) is 3.85. The summed E-state index contributed by atoms with van der Waals surface area (Å²) in [4.78, 5) is 2.47. The molecule has 0 N–H and O–H groups in total. The van der Waals surface area contributed by atoms with E-state index in [1.165, 1.54) is 32.4 Å². The van der Waals surface area contributed by atoms with E-state index in [0.29, 0.717) is 18.1 Å². The lowest BCUT2D eigenvalue weighted by Gasteiger charge is -2.26. The Bertz CT molecular complexity index is 965. The first-order valence-electron chi connectivity index (χ1n) is 10.5.